The maximum atomic E-state index is 12.9. The van der Waals surface area contributed by atoms with Gasteiger partial charge in [-0.3, -0.25) is 0 Å². The summed E-state index contributed by atoms with van der Waals surface area (Å²) in [5.41, 5.74) is 0. The minimum Gasteiger partial charge on any atom is -0.365 e. The Bertz CT molecular complexity index is 297. The summed E-state index contributed by atoms with van der Waals surface area (Å²) in [6.45, 7) is 0. The molecule has 1 fully saturated rings. The number of halogens is 2. The van der Waals surface area contributed by atoms with Gasteiger partial charge in [-0.1, -0.05) is 0 Å². The first-order valence-electron chi connectivity index (χ1n) is 3.83. The van der Waals surface area contributed by atoms with Crippen LogP contribution < -0.4 is 5.32 Å². The quantitative estimate of drug-likeness (QED) is 0.733. The highest BCUT2D eigenvalue weighted by Crippen LogP contribution is 2.24. The molecular weight excluding hydrogens is 162 g/mol. The van der Waals surface area contributed by atoms with E-state index in [0.29, 0.717) is 6.04 Å². The van der Waals surface area contributed by atoms with Gasteiger partial charge >= 0.3 is 0 Å². The molecule has 0 atom stereocenters. The van der Waals surface area contributed by atoms with Crippen LogP contribution in [0.15, 0.2) is 12.3 Å². The Hall–Kier alpha value is -1.19. The number of rotatable bonds is 2. The van der Waals surface area contributed by atoms with Gasteiger partial charge in [-0.25, -0.2) is 13.8 Å². The first kappa shape index (κ1) is 7.46. The van der Waals surface area contributed by atoms with Gasteiger partial charge in [0.25, 0.3) is 0 Å². The molecule has 0 aromatic carbocycles. The summed E-state index contributed by atoms with van der Waals surface area (Å²) in [6, 6.07) is 1.16. The fraction of sp³-hybridized carbons (Fsp3) is 0.375. The molecule has 12 heavy (non-hydrogen) atoms. The summed E-state index contributed by atoms with van der Waals surface area (Å²) in [5.74, 6) is -1.12. The van der Waals surface area contributed by atoms with Crippen LogP contribution in [0.5, 0.6) is 0 Å². The molecule has 0 saturated heterocycles. The van der Waals surface area contributed by atoms with E-state index in [9.17, 15) is 8.78 Å². The predicted octanol–water partition coefficient (Wildman–Crippen LogP) is 1.93. The number of aromatic nitrogens is 1. The van der Waals surface area contributed by atoms with E-state index in [2.05, 4.69) is 10.3 Å². The van der Waals surface area contributed by atoms with Gasteiger partial charge in [0.05, 0.1) is 6.20 Å². The lowest BCUT2D eigenvalue weighted by molar-refractivity contribution is 0.575. The molecule has 1 aromatic heterocycles. The standard InChI is InChI=1S/C8H8F2N2/c9-5-3-7(10)8(11-4-5)12-6-1-2-6/h3-4,6H,1-2H2,(H,11,12). The van der Waals surface area contributed by atoms with E-state index < -0.39 is 11.6 Å². The second-order valence-electron chi connectivity index (χ2n) is 2.90. The average Bonchev–Trinajstić information content (AvgIpc) is 2.79. The van der Waals surface area contributed by atoms with Crippen LogP contribution >= 0.6 is 0 Å². The number of nitrogens with one attached hydrogen (secondary N) is 1. The highest BCUT2D eigenvalue weighted by atomic mass is 19.1. The normalized spacial score (nSPS) is 16.2. The lowest BCUT2D eigenvalue weighted by Crippen LogP contribution is -2.05. The Morgan fingerprint density at radius 1 is 1.42 bits per heavy atom. The second kappa shape index (κ2) is 2.69. The van der Waals surface area contributed by atoms with Crippen molar-refractivity contribution in [2.75, 3.05) is 5.32 Å². The van der Waals surface area contributed by atoms with Gasteiger partial charge in [-0.05, 0) is 12.8 Å². The van der Waals surface area contributed by atoms with E-state index in [4.69, 9.17) is 0 Å². The number of hydrogen-bond donors (Lipinski definition) is 1. The van der Waals surface area contributed by atoms with Crippen molar-refractivity contribution < 1.29 is 8.78 Å². The second-order valence-corrected chi connectivity index (χ2v) is 2.90. The molecular formula is C8H8F2N2. The van der Waals surface area contributed by atoms with Gasteiger partial charge in [0.2, 0.25) is 0 Å². The van der Waals surface area contributed by atoms with Crippen molar-refractivity contribution in [3.63, 3.8) is 0 Å². The molecule has 0 aliphatic heterocycles. The third-order valence-corrected chi connectivity index (χ3v) is 1.73. The minimum atomic E-state index is -0.645. The summed E-state index contributed by atoms with van der Waals surface area (Å²) in [4.78, 5) is 3.60. The number of nitrogens with zero attached hydrogens (tertiary/aromatic N) is 1. The van der Waals surface area contributed by atoms with Gasteiger partial charge in [0, 0.05) is 12.1 Å². The zero-order chi connectivity index (χ0) is 8.55. The van der Waals surface area contributed by atoms with E-state index in [1.165, 1.54) is 0 Å². The maximum Gasteiger partial charge on any atom is 0.168 e. The molecule has 1 aliphatic carbocycles. The number of hydrogen-bond acceptors (Lipinski definition) is 2. The van der Waals surface area contributed by atoms with Crippen molar-refractivity contribution in [3.05, 3.63) is 23.9 Å². The van der Waals surface area contributed by atoms with Crippen LogP contribution in [0.25, 0.3) is 0 Å². The fourth-order valence-electron chi connectivity index (χ4n) is 0.942. The zero-order valence-electron chi connectivity index (χ0n) is 6.35. The molecule has 2 nitrogen and oxygen atoms in total. The highest BCUT2D eigenvalue weighted by molar-refractivity contribution is 5.38. The molecule has 0 unspecified atom stereocenters. The first-order valence-corrected chi connectivity index (χ1v) is 3.83. The Kier molecular flexibility index (Phi) is 1.67. The van der Waals surface area contributed by atoms with E-state index >= 15 is 0 Å². The van der Waals surface area contributed by atoms with Crippen LogP contribution in [0.4, 0.5) is 14.6 Å². The van der Waals surface area contributed by atoms with Gasteiger partial charge in [0.1, 0.15) is 5.82 Å². The Morgan fingerprint density at radius 3 is 2.75 bits per heavy atom. The molecule has 64 valence electrons. The molecule has 1 aliphatic rings. The van der Waals surface area contributed by atoms with Crippen molar-refractivity contribution in [1.82, 2.24) is 4.98 Å². The third kappa shape index (κ3) is 1.52. The monoisotopic (exact) mass is 170 g/mol. The highest BCUT2D eigenvalue weighted by Gasteiger charge is 2.22. The molecule has 4 heteroatoms. The van der Waals surface area contributed by atoms with E-state index in [1.54, 1.807) is 0 Å². The van der Waals surface area contributed by atoms with Crippen molar-refractivity contribution in [2.24, 2.45) is 0 Å². The molecule has 2 rings (SSSR count). The zero-order valence-corrected chi connectivity index (χ0v) is 6.35. The van der Waals surface area contributed by atoms with Crippen LogP contribution in [0.1, 0.15) is 12.8 Å². The van der Waals surface area contributed by atoms with E-state index in [1.807, 2.05) is 0 Å². The van der Waals surface area contributed by atoms with Crippen LogP contribution in [0.2, 0.25) is 0 Å². The van der Waals surface area contributed by atoms with Gasteiger partial charge in [0.15, 0.2) is 11.6 Å². The van der Waals surface area contributed by atoms with Gasteiger partial charge in [-0.2, -0.15) is 0 Å². The molecule has 1 N–H and O–H groups in total. The molecule has 1 aromatic rings. The summed E-state index contributed by atoms with van der Waals surface area (Å²) in [7, 11) is 0. The summed E-state index contributed by atoms with van der Waals surface area (Å²) in [6.07, 6.45) is 3.09. The Labute approximate surface area is 68.6 Å². The van der Waals surface area contributed by atoms with Gasteiger partial charge in [-0.15, -0.1) is 0 Å². The summed E-state index contributed by atoms with van der Waals surface area (Å²) in [5, 5.41) is 2.86. The molecule has 1 saturated carbocycles. The number of pyridine rings is 1. The molecule has 0 amide bonds. The predicted molar refractivity (Wildman–Crippen MR) is 40.8 cm³/mol. The lowest BCUT2D eigenvalue weighted by Gasteiger charge is -2.03. The van der Waals surface area contributed by atoms with Crippen molar-refractivity contribution in [2.45, 2.75) is 18.9 Å². The van der Waals surface area contributed by atoms with Crippen LogP contribution in [0.3, 0.4) is 0 Å². The molecule has 0 radical (unpaired) electrons. The van der Waals surface area contributed by atoms with Crippen molar-refractivity contribution >= 4 is 5.82 Å². The Balaban J connectivity index is 2.18. The van der Waals surface area contributed by atoms with Crippen molar-refractivity contribution in [1.29, 1.82) is 0 Å². The van der Waals surface area contributed by atoms with Crippen molar-refractivity contribution in [3.8, 4) is 0 Å². The SMILES string of the molecule is Fc1cnc(NC2CC2)c(F)c1. The topological polar surface area (TPSA) is 24.9 Å². The third-order valence-electron chi connectivity index (χ3n) is 1.73. The van der Waals surface area contributed by atoms with Gasteiger partial charge < -0.3 is 5.32 Å². The first-order chi connectivity index (χ1) is 5.75. The van der Waals surface area contributed by atoms with E-state index in [0.717, 1.165) is 25.1 Å². The molecule has 1 heterocycles. The molecule has 0 spiro atoms. The summed E-state index contributed by atoms with van der Waals surface area (Å²) < 4.78 is 25.2. The average molecular weight is 170 g/mol. The van der Waals surface area contributed by atoms with Crippen LogP contribution in [-0.4, -0.2) is 11.0 Å². The van der Waals surface area contributed by atoms with Crippen LogP contribution in [-0.2, 0) is 0 Å². The lowest BCUT2D eigenvalue weighted by atomic mass is 10.4. The minimum absolute atomic E-state index is 0.152. The largest absolute Gasteiger partial charge is 0.365 e. The number of anilines is 1. The molecule has 0 bridgehead atoms. The smallest absolute Gasteiger partial charge is 0.168 e. The van der Waals surface area contributed by atoms with Crippen LogP contribution in [0, 0.1) is 11.6 Å². The maximum absolute atomic E-state index is 12.9. The fourth-order valence-corrected chi connectivity index (χ4v) is 0.942. The Morgan fingerprint density at radius 2 is 2.17 bits per heavy atom. The summed E-state index contributed by atoms with van der Waals surface area (Å²) >= 11 is 0. The van der Waals surface area contributed by atoms with E-state index in [-0.39, 0.29) is 5.82 Å².